The van der Waals surface area contributed by atoms with Gasteiger partial charge in [0.15, 0.2) is 0 Å². The Balaban J connectivity index is 1.97. The number of benzene rings is 2. The van der Waals surface area contributed by atoms with Crippen molar-refractivity contribution in [3.8, 4) is 0 Å². The zero-order chi connectivity index (χ0) is 20.0. The molecule has 0 aromatic heterocycles. The Kier molecular flexibility index (Phi) is 6.61. The fourth-order valence-corrected chi connectivity index (χ4v) is 3.26. The van der Waals surface area contributed by atoms with Crippen molar-refractivity contribution in [2.75, 3.05) is 13.6 Å². The van der Waals surface area contributed by atoms with Gasteiger partial charge >= 0.3 is 0 Å². The number of nitrogens with zero attached hydrogens (tertiary/aromatic N) is 3. The van der Waals surface area contributed by atoms with E-state index in [1.165, 1.54) is 55.7 Å². The van der Waals surface area contributed by atoms with Crippen LogP contribution in [0, 0.1) is 10.1 Å². The van der Waals surface area contributed by atoms with Crippen molar-refractivity contribution in [1.82, 2.24) is 9.73 Å². The maximum atomic E-state index is 12.4. The third-order valence-electron chi connectivity index (χ3n) is 3.37. The Morgan fingerprint density at radius 2 is 1.96 bits per heavy atom. The van der Waals surface area contributed by atoms with E-state index in [0.29, 0.717) is 10.6 Å². The second-order valence-corrected chi connectivity index (χ2v) is 7.84. The van der Waals surface area contributed by atoms with Crippen LogP contribution in [-0.2, 0) is 14.8 Å². The lowest BCUT2D eigenvalue weighted by Crippen LogP contribution is -2.36. The van der Waals surface area contributed by atoms with Gasteiger partial charge in [-0.1, -0.05) is 23.7 Å². The predicted octanol–water partition coefficient (Wildman–Crippen LogP) is 2.02. The summed E-state index contributed by atoms with van der Waals surface area (Å²) in [6, 6.07) is 11.2. The highest BCUT2D eigenvalue weighted by molar-refractivity contribution is 7.89. The molecule has 0 heterocycles. The molecule has 142 valence electrons. The maximum Gasteiger partial charge on any atom is 0.270 e. The zero-order valence-corrected chi connectivity index (χ0v) is 15.6. The minimum Gasteiger partial charge on any atom is -0.272 e. The van der Waals surface area contributed by atoms with Crippen LogP contribution in [0.1, 0.15) is 5.56 Å². The first-order valence-electron chi connectivity index (χ1n) is 7.48. The molecule has 0 aliphatic carbocycles. The van der Waals surface area contributed by atoms with E-state index in [1.54, 1.807) is 6.07 Å². The van der Waals surface area contributed by atoms with E-state index in [1.807, 2.05) is 0 Å². The summed E-state index contributed by atoms with van der Waals surface area (Å²) >= 11 is 5.73. The van der Waals surface area contributed by atoms with Crippen molar-refractivity contribution in [3.63, 3.8) is 0 Å². The van der Waals surface area contributed by atoms with E-state index in [-0.39, 0.29) is 10.6 Å². The van der Waals surface area contributed by atoms with E-state index in [9.17, 15) is 23.3 Å². The highest BCUT2D eigenvalue weighted by Crippen LogP contribution is 2.17. The first-order valence-corrected chi connectivity index (χ1v) is 9.30. The van der Waals surface area contributed by atoms with Gasteiger partial charge < -0.3 is 0 Å². The van der Waals surface area contributed by atoms with E-state index in [4.69, 9.17) is 11.6 Å². The van der Waals surface area contributed by atoms with Crippen LogP contribution in [0.3, 0.4) is 0 Å². The summed E-state index contributed by atoms with van der Waals surface area (Å²) in [6.07, 6.45) is 1.22. The van der Waals surface area contributed by atoms with Crippen LogP contribution in [-0.4, -0.2) is 43.4 Å². The lowest BCUT2D eigenvalue weighted by atomic mass is 10.2. The molecule has 2 aromatic rings. The van der Waals surface area contributed by atoms with Crippen molar-refractivity contribution in [1.29, 1.82) is 0 Å². The van der Waals surface area contributed by atoms with Gasteiger partial charge in [0, 0.05) is 29.8 Å². The number of halogens is 1. The number of carbonyl (C=O) groups is 1. The second-order valence-electron chi connectivity index (χ2n) is 5.36. The van der Waals surface area contributed by atoms with Gasteiger partial charge in [0.05, 0.1) is 22.6 Å². The summed E-state index contributed by atoms with van der Waals surface area (Å²) in [5.41, 5.74) is 2.47. The Hall–Kier alpha value is -2.82. The fourth-order valence-electron chi connectivity index (χ4n) is 2.01. The average molecular weight is 411 g/mol. The molecular weight excluding hydrogens is 396 g/mol. The van der Waals surface area contributed by atoms with Gasteiger partial charge in [-0.15, -0.1) is 0 Å². The van der Waals surface area contributed by atoms with Gasteiger partial charge in [-0.3, -0.25) is 14.9 Å². The van der Waals surface area contributed by atoms with Gasteiger partial charge in [-0.05, 0) is 24.3 Å². The summed E-state index contributed by atoms with van der Waals surface area (Å²) in [7, 11) is -2.60. The minimum atomic E-state index is -3.86. The summed E-state index contributed by atoms with van der Waals surface area (Å²) < 4.78 is 25.6. The molecule has 2 rings (SSSR count). The van der Waals surface area contributed by atoms with Crippen molar-refractivity contribution < 1.29 is 18.1 Å². The Morgan fingerprint density at radius 3 is 2.59 bits per heavy atom. The number of hydrogen-bond acceptors (Lipinski definition) is 6. The van der Waals surface area contributed by atoms with Crippen LogP contribution in [0.15, 0.2) is 58.5 Å². The SMILES string of the molecule is CN(CC(=O)N/N=C\c1cccc([N+](=O)[O-])c1)S(=O)(=O)c1ccc(Cl)cc1. The number of nitro benzene ring substituents is 1. The summed E-state index contributed by atoms with van der Waals surface area (Å²) in [5.74, 6) is -0.670. The molecule has 11 heteroatoms. The first-order chi connectivity index (χ1) is 12.7. The van der Waals surface area contributed by atoms with Gasteiger partial charge in [0.25, 0.3) is 11.6 Å². The lowest BCUT2D eigenvalue weighted by Gasteiger charge is -2.16. The highest BCUT2D eigenvalue weighted by atomic mass is 35.5. The molecule has 0 aliphatic rings. The molecular formula is C16H15ClN4O5S. The van der Waals surface area contributed by atoms with E-state index in [0.717, 1.165) is 4.31 Å². The lowest BCUT2D eigenvalue weighted by molar-refractivity contribution is -0.384. The van der Waals surface area contributed by atoms with Gasteiger partial charge in [0.1, 0.15) is 0 Å². The quantitative estimate of drug-likeness (QED) is 0.425. The molecule has 1 amide bonds. The average Bonchev–Trinajstić information content (AvgIpc) is 2.62. The number of nitrogens with one attached hydrogen (secondary N) is 1. The van der Waals surface area contributed by atoms with Crippen LogP contribution in [0.4, 0.5) is 5.69 Å². The van der Waals surface area contributed by atoms with Gasteiger partial charge in [0.2, 0.25) is 10.0 Å². The fraction of sp³-hybridized carbons (Fsp3) is 0.125. The van der Waals surface area contributed by atoms with E-state index in [2.05, 4.69) is 10.5 Å². The van der Waals surface area contributed by atoms with Crippen molar-refractivity contribution in [3.05, 3.63) is 69.2 Å². The molecule has 0 fully saturated rings. The minimum absolute atomic E-state index is 0.00213. The Bertz CT molecular complexity index is 977. The van der Waals surface area contributed by atoms with Crippen LogP contribution in [0.5, 0.6) is 0 Å². The normalized spacial score (nSPS) is 11.7. The maximum absolute atomic E-state index is 12.4. The zero-order valence-electron chi connectivity index (χ0n) is 14.1. The summed E-state index contributed by atoms with van der Waals surface area (Å²) in [6.45, 7) is -0.461. The molecule has 9 nitrogen and oxygen atoms in total. The smallest absolute Gasteiger partial charge is 0.270 e. The molecule has 27 heavy (non-hydrogen) atoms. The molecule has 0 unspecified atom stereocenters. The monoisotopic (exact) mass is 410 g/mol. The molecule has 0 saturated heterocycles. The van der Waals surface area contributed by atoms with Crippen LogP contribution in [0.2, 0.25) is 5.02 Å². The third-order valence-corrected chi connectivity index (χ3v) is 5.44. The van der Waals surface area contributed by atoms with E-state index >= 15 is 0 Å². The number of nitro groups is 1. The number of non-ortho nitro benzene ring substituents is 1. The highest BCUT2D eigenvalue weighted by Gasteiger charge is 2.22. The Labute approximate surface area is 160 Å². The number of likely N-dealkylation sites (N-methyl/N-ethyl adjacent to an activating group) is 1. The standard InChI is InChI=1S/C16H15ClN4O5S/c1-20(27(25,26)15-7-5-13(17)6-8-15)11-16(22)19-18-10-12-3-2-4-14(9-12)21(23)24/h2-10H,11H2,1H3,(H,19,22)/b18-10-. The first kappa shape index (κ1) is 20.5. The summed E-state index contributed by atoms with van der Waals surface area (Å²) in [5, 5.41) is 14.8. The van der Waals surface area contributed by atoms with Gasteiger partial charge in [-0.2, -0.15) is 9.41 Å². The van der Waals surface area contributed by atoms with Crippen LogP contribution in [0.25, 0.3) is 0 Å². The van der Waals surface area contributed by atoms with Gasteiger partial charge in [-0.25, -0.2) is 13.8 Å². The molecule has 2 aromatic carbocycles. The molecule has 0 aliphatic heterocycles. The molecule has 0 spiro atoms. The number of sulfonamides is 1. The van der Waals surface area contributed by atoms with Crippen LogP contribution >= 0.6 is 11.6 Å². The largest absolute Gasteiger partial charge is 0.272 e. The number of rotatable bonds is 7. The molecule has 0 atom stereocenters. The number of hydrogen-bond donors (Lipinski definition) is 1. The third kappa shape index (κ3) is 5.58. The van der Waals surface area contributed by atoms with E-state index < -0.39 is 27.4 Å². The Morgan fingerprint density at radius 1 is 1.30 bits per heavy atom. The molecule has 0 radical (unpaired) electrons. The number of carbonyl (C=O) groups excluding carboxylic acids is 1. The number of amides is 1. The summed E-state index contributed by atoms with van der Waals surface area (Å²) in [4.78, 5) is 22.1. The molecule has 1 N–H and O–H groups in total. The predicted molar refractivity (Wildman–Crippen MR) is 100 cm³/mol. The molecule has 0 bridgehead atoms. The molecule has 0 saturated carbocycles. The van der Waals surface area contributed by atoms with Crippen molar-refractivity contribution in [2.24, 2.45) is 5.10 Å². The van der Waals surface area contributed by atoms with Crippen molar-refractivity contribution in [2.45, 2.75) is 4.90 Å². The topological polar surface area (TPSA) is 122 Å². The van der Waals surface area contributed by atoms with Crippen molar-refractivity contribution >= 4 is 39.4 Å². The number of hydrazone groups is 1. The second kappa shape index (κ2) is 8.71. The van der Waals surface area contributed by atoms with Crippen LogP contribution < -0.4 is 5.43 Å².